The van der Waals surface area contributed by atoms with Crippen LogP contribution in [0.15, 0.2) is 6.20 Å². The van der Waals surface area contributed by atoms with Gasteiger partial charge in [-0.3, -0.25) is 4.68 Å². The lowest BCUT2D eigenvalue weighted by Crippen LogP contribution is -2.38. The van der Waals surface area contributed by atoms with Gasteiger partial charge in [0, 0.05) is 6.54 Å². The zero-order valence-corrected chi connectivity index (χ0v) is 13.4. The Morgan fingerprint density at radius 2 is 2.05 bits per heavy atom. The van der Waals surface area contributed by atoms with Gasteiger partial charge in [0.25, 0.3) is 0 Å². The summed E-state index contributed by atoms with van der Waals surface area (Å²) < 4.78 is 7.68. The monoisotopic (exact) mass is 279 g/mol. The molecule has 0 saturated heterocycles. The summed E-state index contributed by atoms with van der Waals surface area (Å²) in [6.07, 6.45) is 8.37. The molecular weight excluding hydrogens is 250 g/mol. The second-order valence-corrected chi connectivity index (χ2v) is 5.83. The van der Waals surface area contributed by atoms with Gasteiger partial charge in [-0.2, -0.15) is 5.10 Å². The molecule has 1 saturated carbocycles. The molecule has 0 bridgehead atoms. The van der Waals surface area contributed by atoms with Crippen LogP contribution in [0.25, 0.3) is 0 Å². The summed E-state index contributed by atoms with van der Waals surface area (Å²) in [5, 5.41) is 8.22. The van der Waals surface area contributed by atoms with Gasteiger partial charge in [-0.05, 0) is 38.1 Å². The first kappa shape index (κ1) is 15.4. The maximum atomic E-state index is 5.58. The zero-order chi connectivity index (χ0) is 14.6. The lowest BCUT2D eigenvalue weighted by atomic mass is 9.74. The molecule has 1 heterocycles. The molecule has 0 aromatic carbocycles. The van der Waals surface area contributed by atoms with Crippen molar-refractivity contribution in [3.05, 3.63) is 11.9 Å². The largest absolute Gasteiger partial charge is 0.493 e. The van der Waals surface area contributed by atoms with Gasteiger partial charge in [0.05, 0.1) is 25.0 Å². The van der Waals surface area contributed by atoms with Crippen molar-refractivity contribution in [1.29, 1.82) is 0 Å². The third-order valence-electron chi connectivity index (χ3n) is 4.96. The second kappa shape index (κ2) is 6.61. The second-order valence-electron chi connectivity index (χ2n) is 5.83. The molecule has 1 N–H and O–H groups in total. The summed E-state index contributed by atoms with van der Waals surface area (Å²) in [5.41, 5.74) is 1.59. The minimum Gasteiger partial charge on any atom is -0.493 e. The molecule has 1 atom stereocenters. The SMILES string of the molecule is CCNC(c1c(OC)cnn1CC)C1(CC)CCCC1. The standard InChI is InChI=1S/C16H29N3O/c1-5-16(10-8-9-11-16)15(17-6-2)14-13(20-4)12-18-19(14)7-3/h12,15,17H,5-11H2,1-4H3. The Balaban J connectivity index is 2.44. The molecule has 0 radical (unpaired) electrons. The maximum absolute atomic E-state index is 5.58. The molecule has 1 aromatic heterocycles. The van der Waals surface area contributed by atoms with Crippen molar-refractivity contribution in [2.24, 2.45) is 5.41 Å². The number of ether oxygens (including phenoxy) is 1. The lowest BCUT2D eigenvalue weighted by Gasteiger charge is -2.38. The predicted molar refractivity (Wildman–Crippen MR) is 82.1 cm³/mol. The van der Waals surface area contributed by atoms with Crippen LogP contribution in [0.3, 0.4) is 0 Å². The van der Waals surface area contributed by atoms with E-state index < -0.39 is 0 Å². The Labute approximate surface area is 122 Å². The topological polar surface area (TPSA) is 39.1 Å². The van der Waals surface area contributed by atoms with Crippen molar-refractivity contribution >= 4 is 0 Å². The highest BCUT2D eigenvalue weighted by molar-refractivity contribution is 5.30. The van der Waals surface area contributed by atoms with Crippen LogP contribution in [0.1, 0.15) is 64.6 Å². The quantitative estimate of drug-likeness (QED) is 0.830. The molecule has 0 amide bonds. The van der Waals surface area contributed by atoms with Crippen molar-refractivity contribution in [1.82, 2.24) is 15.1 Å². The highest BCUT2D eigenvalue weighted by atomic mass is 16.5. The van der Waals surface area contributed by atoms with Crippen LogP contribution in [0.2, 0.25) is 0 Å². The summed E-state index contributed by atoms with van der Waals surface area (Å²) in [6, 6.07) is 0.345. The van der Waals surface area contributed by atoms with Crippen molar-refractivity contribution in [3.8, 4) is 5.75 Å². The summed E-state index contributed by atoms with van der Waals surface area (Å²) in [5.74, 6) is 0.928. The highest BCUT2D eigenvalue weighted by Crippen LogP contribution is 2.51. The summed E-state index contributed by atoms with van der Waals surface area (Å²) in [7, 11) is 1.75. The first-order chi connectivity index (χ1) is 9.72. The summed E-state index contributed by atoms with van der Waals surface area (Å²) >= 11 is 0. The molecule has 0 spiro atoms. The van der Waals surface area contributed by atoms with Gasteiger partial charge in [0.2, 0.25) is 0 Å². The molecule has 1 aliphatic carbocycles. The maximum Gasteiger partial charge on any atom is 0.161 e. The van der Waals surface area contributed by atoms with E-state index in [9.17, 15) is 0 Å². The van der Waals surface area contributed by atoms with Crippen LogP contribution in [-0.4, -0.2) is 23.4 Å². The van der Waals surface area contributed by atoms with Crippen LogP contribution >= 0.6 is 0 Å². The van der Waals surface area contributed by atoms with E-state index in [1.165, 1.54) is 37.8 Å². The minimum atomic E-state index is 0.345. The van der Waals surface area contributed by atoms with E-state index in [-0.39, 0.29) is 0 Å². The van der Waals surface area contributed by atoms with Gasteiger partial charge >= 0.3 is 0 Å². The highest BCUT2D eigenvalue weighted by Gasteiger charge is 2.42. The van der Waals surface area contributed by atoms with Gasteiger partial charge in [-0.1, -0.05) is 26.7 Å². The average Bonchev–Trinajstić information content (AvgIpc) is 3.11. The molecule has 20 heavy (non-hydrogen) atoms. The molecule has 1 aromatic rings. The van der Waals surface area contributed by atoms with Crippen molar-refractivity contribution in [2.75, 3.05) is 13.7 Å². The summed E-state index contributed by atoms with van der Waals surface area (Å²) in [6.45, 7) is 8.52. The predicted octanol–water partition coefficient (Wildman–Crippen LogP) is 3.53. The lowest BCUT2D eigenvalue weighted by molar-refractivity contribution is 0.177. The van der Waals surface area contributed by atoms with Crippen LogP contribution in [0.4, 0.5) is 0 Å². The van der Waals surface area contributed by atoms with Crippen molar-refractivity contribution in [3.63, 3.8) is 0 Å². The van der Waals surface area contributed by atoms with Crippen LogP contribution < -0.4 is 10.1 Å². The third-order valence-corrected chi connectivity index (χ3v) is 4.96. The van der Waals surface area contributed by atoms with E-state index in [0.29, 0.717) is 11.5 Å². The van der Waals surface area contributed by atoms with Gasteiger partial charge in [-0.15, -0.1) is 0 Å². The van der Waals surface area contributed by atoms with E-state index in [2.05, 4.69) is 35.9 Å². The minimum absolute atomic E-state index is 0.345. The Hall–Kier alpha value is -1.03. The fourth-order valence-corrected chi connectivity index (χ4v) is 3.81. The van der Waals surface area contributed by atoms with E-state index in [1.54, 1.807) is 7.11 Å². The number of hydrogen-bond acceptors (Lipinski definition) is 3. The fraction of sp³-hybridized carbons (Fsp3) is 0.812. The number of hydrogen-bond donors (Lipinski definition) is 1. The van der Waals surface area contributed by atoms with Crippen molar-refractivity contribution in [2.45, 2.75) is 65.5 Å². The van der Waals surface area contributed by atoms with Crippen molar-refractivity contribution < 1.29 is 4.74 Å². The normalized spacial score (nSPS) is 19.2. The zero-order valence-electron chi connectivity index (χ0n) is 13.4. The van der Waals surface area contributed by atoms with Gasteiger partial charge in [-0.25, -0.2) is 0 Å². The Bertz CT molecular complexity index is 400. The van der Waals surface area contributed by atoms with E-state index in [0.717, 1.165) is 18.8 Å². The molecule has 114 valence electrons. The molecular formula is C16H29N3O. The first-order valence-corrected chi connectivity index (χ1v) is 8.05. The Morgan fingerprint density at radius 3 is 2.55 bits per heavy atom. The van der Waals surface area contributed by atoms with Gasteiger partial charge in [0.15, 0.2) is 5.75 Å². The van der Waals surface area contributed by atoms with E-state index in [4.69, 9.17) is 4.74 Å². The van der Waals surface area contributed by atoms with Gasteiger partial charge in [0.1, 0.15) is 0 Å². The van der Waals surface area contributed by atoms with Crippen LogP contribution in [0.5, 0.6) is 5.75 Å². The molecule has 0 aliphatic heterocycles. The van der Waals surface area contributed by atoms with Crippen LogP contribution in [0, 0.1) is 5.41 Å². The van der Waals surface area contributed by atoms with E-state index >= 15 is 0 Å². The molecule has 4 heteroatoms. The number of nitrogens with zero attached hydrogens (tertiary/aromatic N) is 2. The molecule has 2 rings (SSSR count). The first-order valence-electron chi connectivity index (χ1n) is 8.05. The number of methoxy groups -OCH3 is 1. The summed E-state index contributed by atoms with van der Waals surface area (Å²) in [4.78, 5) is 0. The average molecular weight is 279 g/mol. The van der Waals surface area contributed by atoms with Crippen LogP contribution in [-0.2, 0) is 6.54 Å². The third kappa shape index (κ3) is 2.58. The molecule has 1 unspecified atom stereocenters. The Kier molecular flexibility index (Phi) is 5.08. The number of nitrogens with one attached hydrogen (secondary N) is 1. The molecule has 1 aliphatic rings. The number of aryl methyl sites for hydroxylation is 1. The number of aromatic nitrogens is 2. The molecule has 1 fully saturated rings. The smallest absolute Gasteiger partial charge is 0.161 e. The molecule has 4 nitrogen and oxygen atoms in total. The number of rotatable bonds is 7. The fourth-order valence-electron chi connectivity index (χ4n) is 3.81. The van der Waals surface area contributed by atoms with Gasteiger partial charge < -0.3 is 10.1 Å². The Morgan fingerprint density at radius 1 is 1.35 bits per heavy atom. The van der Waals surface area contributed by atoms with E-state index in [1.807, 2.05) is 6.20 Å².